The first kappa shape index (κ1) is 15.8. The molecule has 118 valence electrons. The summed E-state index contributed by atoms with van der Waals surface area (Å²) < 4.78 is 5.58. The van der Waals surface area contributed by atoms with Crippen molar-refractivity contribution < 1.29 is 4.74 Å². The number of aromatic nitrogens is 3. The summed E-state index contributed by atoms with van der Waals surface area (Å²) in [7, 11) is 0. The molecule has 0 amide bonds. The van der Waals surface area contributed by atoms with Crippen LogP contribution in [0.1, 0.15) is 34.1 Å². The molecular weight excluding hydrogens is 268 g/mol. The Morgan fingerprint density at radius 2 is 1.86 bits per heavy atom. The Morgan fingerprint density at radius 1 is 1.14 bits per heavy atom. The smallest absolute Gasteiger partial charge is 0.231 e. The minimum absolute atomic E-state index is 0.182. The predicted molar refractivity (Wildman–Crippen MR) is 85.0 cm³/mol. The Labute approximate surface area is 126 Å². The van der Waals surface area contributed by atoms with Crippen molar-refractivity contribution in [3.8, 4) is 0 Å². The van der Waals surface area contributed by atoms with E-state index in [2.05, 4.69) is 51.3 Å². The van der Waals surface area contributed by atoms with E-state index in [4.69, 9.17) is 4.74 Å². The Hall–Kier alpha value is -1.63. The molecule has 2 N–H and O–H groups in total. The molecule has 1 aliphatic heterocycles. The van der Waals surface area contributed by atoms with Crippen molar-refractivity contribution >= 4 is 17.8 Å². The summed E-state index contributed by atoms with van der Waals surface area (Å²) >= 11 is 0. The van der Waals surface area contributed by atoms with Crippen LogP contribution in [0, 0.1) is 0 Å². The van der Waals surface area contributed by atoms with Crippen LogP contribution in [0.4, 0.5) is 17.8 Å². The fourth-order valence-corrected chi connectivity index (χ4v) is 2.40. The van der Waals surface area contributed by atoms with Gasteiger partial charge in [-0.2, -0.15) is 15.0 Å². The summed E-state index contributed by atoms with van der Waals surface area (Å²) in [6.07, 6.45) is 1.16. The number of nitrogens with one attached hydrogen (secondary N) is 2. The van der Waals surface area contributed by atoms with Gasteiger partial charge in [-0.25, -0.2) is 0 Å². The molecule has 2 unspecified atom stereocenters. The van der Waals surface area contributed by atoms with E-state index in [1.165, 1.54) is 0 Å². The number of hydrogen-bond donors (Lipinski definition) is 2. The Balaban J connectivity index is 2.22. The SMILES string of the molecule is CCNc1nc(NC2CCOC2C)nc(N(CC)CC)n1. The van der Waals surface area contributed by atoms with Gasteiger partial charge in [0.05, 0.1) is 12.1 Å². The van der Waals surface area contributed by atoms with Crippen LogP contribution in [0.15, 0.2) is 0 Å². The normalized spacial score (nSPS) is 21.3. The molecule has 7 heteroatoms. The standard InChI is InChI=1S/C14H26N6O/c1-5-15-12-17-13(16-11-8-9-21-10(11)4)19-14(18-12)20(6-2)7-3/h10-11H,5-9H2,1-4H3,(H2,15,16,17,18,19). The third kappa shape index (κ3) is 3.93. The molecule has 2 atom stereocenters. The fraction of sp³-hybridized carbons (Fsp3) is 0.786. The summed E-state index contributed by atoms with van der Waals surface area (Å²) in [5, 5.41) is 6.55. The molecule has 0 bridgehead atoms. The lowest BCUT2D eigenvalue weighted by Crippen LogP contribution is -2.29. The maximum Gasteiger partial charge on any atom is 0.231 e. The highest BCUT2D eigenvalue weighted by atomic mass is 16.5. The van der Waals surface area contributed by atoms with E-state index in [-0.39, 0.29) is 12.1 Å². The lowest BCUT2D eigenvalue weighted by atomic mass is 10.2. The highest BCUT2D eigenvalue weighted by molar-refractivity contribution is 5.44. The zero-order chi connectivity index (χ0) is 15.2. The molecule has 1 fully saturated rings. The van der Waals surface area contributed by atoms with E-state index in [1.807, 2.05) is 6.92 Å². The number of rotatable bonds is 7. The quantitative estimate of drug-likeness (QED) is 0.793. The average Bonchev–Trinajstić information content (AvgIpc) is 2.86. The van der Waals surface area contributed by atoms with Gasteiger partial charge in [0.2, 0.25) is 17.8 Å². The lowest BCUT2D eigenvalue weighted by molar-refractivity contribution is 0.121. The largest absolute Gasteiger partial charge is 0.376 e. The van der Waals surface area contributed by atoms with Crippen molar-refractivity contribution in [3.63, 3.8) is 0 Å². The first-order valence-electron chi connectivity index (χ1n) is 7.80. The third-order valence-electron chi connectivity index (χ3n) is 3.70. The molecule has 1 saturated heterocycles. The monoisotopic (exact) mass is 294 g/mol. The summed E-state index contributed by atoms with van der Waals surface area (Å²) in [5.41, 5.74) is 0. The van der Waals surface area contributed by atoms with Crippen LogP contribution in [0.3, 0.4) is 0 Å². The number of nitrogens with zero attached hydrogens (tertiary/aromatic N) is 4. The van der Waals surface area contributed by atoms with Gasteiger partial charge in [0, 0.05) is 26.2 Å². The highest BCUT2D eigenvalue weighted by Gasteiger charge is 2.25. The molecule has 0 radical (unpaired) electrons. The minimum Gasteiger partial charge on any atom is -0.376 e. The van der Waals surface area contributed by atoms with Gasteiger partial charge in [0.15, 0.2) is 0 Å². The molecule has 0 aliphatic carbocycles. The summed E-state index contributed by atoms with van der Waals surface area (Å²) in [6.45, 7) is 11.6. The van der Waals surface area contributed by atoms with Crippen LogP contribution in [0.2, 0.25) is 0 Å². The second kappa shape index (κ2) is 7.40. The van der Waals surface area contributed by atoms with Crippen molar-refractivity contribution in [2.45, 2.75) is 46.3 Å². The van der Waals surface area contributed by atoms with Crippen molar-refractivity contribution in [2.24, 2.45) is 0 Å². The lowest BCUT2D eigenvalue weighted by Gasteiger charge is -2.21. The van der Waals surface area contributed by atoms with Gasteiger partial charge < -0.3 is 20.3 Å². The minimum atomic E-state index is 0.182. The van der Waals surface area contributed by atoms with E-state index in [0.717, 1.165) is 32.7 Å². The van der Waals surface area contributed by atoms with E-state index in [0.29, 0.717) is 17.8 Å². The Morgan fingerprint density at radius 3 is 2.43 bits per heavy atom. The summed E-state index contributed by atoms with van der Waals surface area (Å²) in [5.74, 6) is 1.94. The first-order chi connectivity index (χ1) is 10.2. The van der Waals surface area contributed by atoms with Gasteiger partial charge in [-0.3, -0.25) is 0 Å². The zero-order valence-electron chi connectivity index (χ0n) is 13.4. The van der Waals surface area contributed by atoms with Gasteiger partial charge in [-0.15, -0.1) is 0 Å². The van der Waals surface area contributed by atoms with Gasteiger partial charge in [-0.1, -0.05) is 0 Å². The third-order valence-corrected chi connectivity index (χ3v) is 3.70. The van der Waals surface area contributed by atoms with Crippen molar-refractivity contribution in [2.75, 3.05) is 41.8 Å². The van der Waals surface area contributed by atoms with Crippen molar-refractivity contribution in [1.82, 2.24) is 15.0 Å². The molecule has 21 heavy (non-hydrogen) atoms. The number of hydrogen-bond acceptors (Lipinski definition) is 7. The van der Waals surface area contributed by atoms with Gasteiger partial charge in [0.1, 0.15) is 0 Å². The molecule has 2 rings (SSSR count). The molecule has 2 heterocycles. The molecular formula is C14H26N6O. The molecule has 7 nitrogen and oxygen atoms in total. The zero-order valence-corrected chi connectivity index (χ0v) is 13.4. The highest BCUT2D eigenvalue weighted by Crippen LogP contribution is 2.19. The van der Waals surface area contributed by atoms with Crippen molar-refractivity contribution in [1.29, 1.82) is 0 Å². The molecule has 1 aromatic heterocycles. The van der Waals surface area contributed by atoms with Crippen LogP contribution < -0.4 is 15.5 Å². The number of ether oxygens (including phenoxy) is 1. The van der Waals surface area contributed by atoms with E-state index < -0.39 is 0 Å². The number of anilines is 3. The van der Waals surface area contributed by atoms with E-state index >= 15 is 0 Å². The van der Waals surface area contributed by atoms with Gasteiger partial charge >= 0.3 is 0 Å². The van der Waals surface area contributed by atoms with Crippen LogP contribution in [0.25, 0.3) is 0 Å². The second-order valence-corrected chi connectivity index (χ2v) is 5.10. The maximum absolute atomic E-state index is 5.58. The summed E-state index contributed by atoms with van der Waals surface area (Å²) in [6, 6.07) is 0.256. The topological polar surface area (TPSA) is 75.2 Å². The molecule has 1 aromatic rings. The Kier molecular flexibility index (Phi) is 5.55. The second-order valence-electron chi connectivity index (χ2n) is 5.10. The van der Waals surface area contributed by atoms with Gasteiger partial charge in [0.25, 0.3) is 0 Å². The fourth-order valence-electron chi connectivity index (χ4n) is 2.40. The first-order valence-corrected chi connectivity index (χ1v) is 7.80. The Bertz CT molecular complexity index is 451. The van der Waals surface area contributed by atoms with Gasteiger partial charge in [-0.05, 0) is 34.1 Å². The van der Waals surface area contributed by atoms with E-state index in [1.54, 1.807) is 0 Å². The van der Waals surface area contributed by atoms with Crippen LogP contribution in [-0.4, -0.2) is 53.3 Å². The van der Waals surface area contributed by atoms with Crippen LogP contribution >= 0.6 is 0 Å². The van der Waals surface area contributed by atoms with Crippen LogP contribution in [0.5, 0.6) is 0 Å². The molecule has 0 saturated carbocycles. The predicted octanol–water partition coefficient (Wildman–Crippen LogP) is 1.74. The average molecular weight is 294 g/mol. The maximum atomic E-state index is 5.58. The summed E-state index contributed by atoms with van der Waals surface area (Å²) in [4.78, 5) is 15.6. The van der Waals surface area contributed by atoms with Crippen molar-refractivity contribution in [3.05, 3.63) is 0 Å². The molecule has 0 aromatic carbocycles. The molecule has 1 aliphatic rings. The molecule has 0 spiro atoms. The van der Waals surface area contributed by atoms with E-state index in [9.17, 15) is 0 Å². The van der Waals surface area contributed by atoms with Crippen LogP contribution in [-0.2, 0) is 4.74 Å².